The van der Waals surface area contributed by atoms with E-state index in [4.69, 9.17) is 4.74 Å². The lowest BCUT2D eigenvalue weighted by Gasteiger charge is -2.32. The summed E-state index contributed by atoms with van der Waals surface area (Å²) in [5.74, 6) is 0.406. The fourth-order valence-electron chi connectivity index (χ4n) is 2.77. The van der Waals surface area contributed by atoms with Gasteiger partial charge in [0.15, 0.2) is 0 Å². The molecule has 0 unspecified atom stereocenters. The summed E-state index contributed by atoms with van der Waals surface area (Å²) in [5.41, 5.74) is -0.0228. The predicted octanol–water partition coefficient (Wildman–Crippen LogP) is 2.67. The van der Waals surface area contributed by atoms with Gasteiger partial charge in [0.2, 0.25) is 0 Å². The summed E-state index contributed by atoms with van der Waals surface area (Å²) in [6.45, 7) is 1.02. The number of carbonyl (C=O) groups is 1. The topological polar surface area (TPSA) is 85.6 Å². The standard InChI is InChI=1S/C17H17N3O4/c21-17(15-5-1-2-6-16(15)20(22)23)19-10-7-13(8-11-19)24-14-4-3-9-18-12-14/h1-6,9,12-13H,7-8,10-11H2. The largest absolute Gasteiger partial charge is 0.489 e. The molecule has 1 saturated heterocycles. The minimum Gasteiger partial charge on any atom is -0.489 e. The number of pyridine rings is 1. The SMILES string of the molecule is O=C(c1ccccc1[N+](=O)[O-])N1CCC(Oc2cccnc2)CC1. The lowest BCUT2D eigenvalue weighted by Crippen LogP contribution is -2.42. The monoisotopic (exact) mass is 327 g/mol. The van der Waals surface area contributed by atoms with Crippen LogP contribution >= 0.6 is 0 Å². The van der Waals surface area contributed by atoms with E-state index in [2.05, 4.69) is 4.98 Å². The van der Waals surface area contributed by atoms with Crippen LogP contribution in [-0.4, -0.2) is 39.9 Å². The minimum absolute atomic E-state index is 0.0176. The van der Waals surface area contributed by atoms with Gasteiger partial charge in [-0.2, -0.15) is 0 Å². The van der Waals surface area contributed by atoms with E-state index in [0.717, 1.165) is 0 Å². The van der Waals surface area contributed by atoms with Crippen molar-refractivity contribution in [2.75, 3.05) is 13.1 Å². The van der Waals surface area contributed by atoms with Crippen LogP contribution in [0.3, 0.4) is 0 Å². The molecule has 1 aromatic carbocycles. The Kier molecular flexibility index (Phi) is 4.69. The van der Waals surface area contributed by atoms with Gasteiger partial charge in [-0.25, -0.2) is 0 Å². The Morgan fingerprint density at radius 1 is 1.21 bits per heavy atom. The number of rotatable bonds is 4. The zero-order chi connectivity index (χ0) is 16.9. The van der Waals surface area contributed by atoms with Crippen molar-refractivity contribution in [3.63, 3.8) is 0 Å². The van der Waals surface area contributed by atoms with Crippen LogP contribution in [0.5, 0.6) is 5.75 Å². The lowest BCUT2D eigenvalue weighted by atomic mass is 10.1. The van der Waals surface area contributed by atoms with Crippen LogP contribution < -0.4 is 4.74 Å². The van der Waals surface area contributed by atoms with Crippen molar-refractivity contribution in [3.05, 3.63) is 64.5 Å². The highest BCUT2D eigenvalue weighted by atomic mass is 16.6. The van der Waals surface area contributed by atoms with E-state index in [1.54, 1.807) is 29.4 Å². The fraction of sp³-hybridized carbons (Fsp3) is 0.294. The first-order valence-corrected chi connectivity index (χ1v) is 7.74. The molecule has 0 spiro atoms. The first-order chi connectivity index (χ1) is 11.6. The molecule has 2 aromatic rings. The number of para-hydroxylation sites is 1. The number of nitrogens with zero attached hydrogens (tertiary/aromatic N) is 3. The van der Waals surface area contributed by atoms with E-state index in [9.17, 15) is 14.9 Å². The number of carbonyl (C=O) groups excluding carboxylic acids is 1. The molecule has 1 amide bonds. The molecule has 0 saturated carbocycles. The van der Waals surface area contributed by atoms with E-state index in [1.807, 2.05) is 12.1 Å². The molecular formula is C17H17N3O4. The Labute approximate surface area is 139 Å². The van der Waals surface area contributed by atoms with Crippen molar-refractivity contribution in [1.82, 2.24) is 9.88 Å². The molecule has 2 heterocycles. The fourth-order valence-corrected chi connectivity index (χ4v) is 2.77. The van der Waals surface area contributed by atoms with E-state index in [0.29, 0.717) is 31.7 Å². The van der Waals surface area contributed by atoms with Crippen molar-refractivity contribution in [2.45, 2.75) is 18.9 Å². The van der Waals surface area contributed by atoms with E-state index in [-0.39, 0.29) is 23.3 Å². The van der Waals surface area contributed by atoms with Gasteiger partial charge in [-0.15, -0.1) is 0 Å². The smallest absolute Gasteiger partial charge is 0.282 e. The number of amides is 1. The minimum atomic E-state index is -0.522. The number of aromatic nitrogens is 1. The van der Waals surface area contributed by atoms with Gasteiger partial charge in [-0.05, 0) is 18.2 Å². The van der Waals surface area contributed by atoms with Gasteiger partial charge < -0.3 is 9.64 Å². The number of likely N-dealkylation sites (tertiary alicyclic amines) is 1. The Morgan fingerprint density at radius 2 is 1.96 bits per heavy atom. The molecule has 1 aliphatic heterocycles. The van der Waals surface area contributed by atoms with Gasteiger partial charge in [0.05, 0.1) is 11.1 Å². The Morgan fingerprint density at radius 3 is 2.62 bits per heavy atom. The molecule has 1 aliphatic rings. The summed E-state index contributed by atoms with van der Waals surface area (Å²) in [5, 5.41) is 11.1. The average Bonchev–Trinajstić information content (AvgIpc) is 2.62. The van der Waals surface area contributed by atoms with E-state index < -0.39 is 4.92 Å². The highest BCUT2D eigenvalue weighted by Crippen LogP contribution is 2.23. The number of piperidine rings is 1. The van der Waals surface area contributed by atoms with Crippen LogP contribution in [0, 0.1) is 10.1 Å². The van der Waals surface area contributed by atoms with E-state index >= 15 is 0 Å². The van der Waals surface area contributed by atoms with E-state index in [1.165, 1.54) is 12.1 Å². The number of hydrogen-bond donors (Lipinski definition) is 0. The van der Waals surface area contributed by atoms with Gasteiger partial charge in [-0.1, -0.05) is 12.1 Å². The molecule has 1 aromatic heterocycles. The zero-order valence-corrected chi connectivity index (χ0v) is 13.0. The van der Waals surface area contributed by atoms with Gasteiger partial charge in [-0.3, -0.25) is 19.9 Å². The number of benzene rings is 1. The predicted molar refractivity (Wildman–Crippen MR) is 86.9 cm³/mol. The molecular weight excluding hydrogens is 310 g/mol. The summed E-state index contributed by atoms with van der Waals surface area (Å²) >= 11 is 0. The summed E-state index contributed by atoms with van der Waals surface area (Å²) < 4.78 is 5.84. The van der Waals surface area contributed by atoms with Crippen molar-refractivity contribution < 1.29 is 14.5 Å². The summed E-state index contributed by atoms with van der Waals surface area (Å²) in [4.78, 5) is 28.8. The lowest BCUT2D eigenvalue weighted by molar-refractivity contribution is -0.385. The van der Waals surface area contributed by atoms with Crippen LogP contribution in [0.2, 0.25) is 0 Å². The number of ether oxygens (including phenoxy) is 1. The van der Waals surface area contributed by atoms with Crippen LogP contribution in [-0.2, 0) is 0 Å². The third-order valence-electron chi connectivity index (χ3n) is 4.00. The third kappa shape index (κ3) is 3.51. The Bertz CT molecular complexity index is 728. The number of hydrogen-bond acceptors (Lipinski definition) is 5. The third-order valence-corrected chi connectivity index (χ3v) is 4.00. The number of nitro groups is 1. The Balaban J connectivity index is 1.62. The van der Waals surface area contributed by atoms with Crippen LogP contribution in [0.4, 0.5) is 5.69 Å². The van der Waals surface area contributed by atoms with Crippen molar-refractivity contribution >= 4 is 11.6 Å². The van der Waals surface area contributed by atoms with Crippen LogP contribution in [0.1, 0.15) is 23.2 Å². The maximum Gasteiger partial charge on any atom is 0.282 e. The van der Waals surface area contributed by atoms with Gasteiger partial charge in [0.25, 0.3) is 11.6 Å². The maximum atomic E-state index is 12.6. The van der Waals surface area contributed by atoms with Gasteiger partial charge in [0.1, 0.15) is 17.4 Å². The summed E-state index contributed by atoms with van der Waals surface area (Å²) in [7, 11) is 0. The molecule has 0 N–H and O–H groups in total. The molecule has 0 atom stereocenters. The Hall–Kier alpha value is -2.96. The molecule has 0 aliphatic carbocycles. The normalized spacial score (nSPS) is 15.1. The molecule has 0 radical (unpaired) electrons. The second kappa shape index (κ2) is 7.08. The summed E-state index contributed by atoms with van der Waals surface area (Å²) in [6.07, 6.45) is 4.72. The quantitative estimate of drug-likeness (QED) is 0.636. The maximum absolute atomic E-state index is 12.6. The molecule has 3 rings (SSSR count). The van der Waals surface area contributed by atoms with Gasteiger partial charge >= 0.3 is 0 Å². The molecule has 7 nitrogen and oxygen atoms in total. The van der Waals surface area contributed by atoms with Crippen LogP contribution in [0.25, 0.3) is 0 Å². The van der Waals surface area contributed by atoms with Crippen molar-refractivity contribution in [3.8, 4) is 5.75 Å². The molecule has 0 bridgehead atoms. The van der Waals surface area contributed by atoms with Crippen molar-refractivity contribution in [1.29, 1.82) is 0 Å². The average molecular weight is 327 g/mol. The van der Waals surface area contributed by atoms with Gasteiger partial charge in [0, 0.05) is 38.2 Å². The van der Waals surface area contributed by atoms with Crippen LogP contribution in [0.15, 0.2) is 48.8 Å². The molecule has 24 heavy (non-hydrogen) atoms. The molecule has 1 fully saturated rings. The zero-order valence-electron chi connectivity index (χ0n) is 13.0. The highest BCUT2D eigenvalue weighted by Gasteiger charge is 2.28. The number of nitro benzene ring substituents is 1. The second-order valence-electron chi connectivity index (χ2n) is 5.57. The molecule has 124 valence electrons. The summed E-state index contributed by atoms with van der Waals surface area (Å²) in [6, 6.07) is 9.70. The first-order valence-electron chi connectivity index (χ1n) is 7.74. The first kappa shape index (κ1) is 15.9. The van der Waals surface area contributed by atoms with Crippen molar-refractivity contribution in [2.24, 2.45) is 0 Å². The second-order valence-corrected chi connectivity index (χ2v) is 5.57. The highest BCUT2D eigenvalue weighted by molar-refractivity contribution is 5.98. The molecule has 7 heteroatoms.